The lowest BCUT2D eigenvalue weighted by molar-refractivity contribution is -0.121. The number of fused-ring (bicyclic) bond motifs is 1. The number of benzene rings is 1. The van der Waals surface area contributed by atoms with Gasteiger partial charge in [-0.3, -0.25) is 4.79 Å². The van der Waals surface area contributed by atoms with Crippen LogP contribution in [0.3, 0.4) is 0 Å². The molecule has 7 heteroatoms. The molecule has 0 saturated carbocycles. The van der Waals surface area contributed by atoms with Crippen molar-refractivity contribution in [3.05, 3.63) is 28.0 Å². The number of imidazole rings is 1. The normalized spacial score (nSPS) is 11.0. The summed E-state index contributed by atoms with van der Waals surface area (Å²) in [5, 5.41) is 3.68. The topological polar surface area (TPSA) is 46.9 Å². The molecule has 108 valence electrons. The van der Waals surface area contributed by atoms with E-state index in [0.717, 1.165) is 11.9 Å². The van der Waals surface area contributed by atoms with Crippen LogP contribution in [0.4, 0.5) is 0 Å². The minimum Gasteiger partial charge on any atom is -0.355 e. The lowest BCUT2D eigenvalue weighted by Crippen LogP contribution is -2.28. The number of hydrogen-bond acceptors (Lipinski definition) is 2. The number of nitrogens with one attached hydrogen (secondary N) is 1. The first kappa shape index (κ1) is 15.4. The summed E-state index contributed by atoms with van der Waals surface area (Å²) in [6.07, 6.45) is 0.889. The second kappa shape index (κ2) is 6.66. The van der Waals surface area contributed by atoms with Crippen LogP contribution in [0, 0.1) is 0 Å². The molecule has 1 aromatic carbocycles. The Bertz CT molecular complexity index is 639. The van der Waals surface area contributed by atoms with Crippen LogP contribution in [0.25, 0.3) is 11.0 Å². The van der Waals surface area contributed by atoms with Crippen molar-refractivity contribution in [2.24, 2.45) is 0 Å². The summed E-state index contributed by atoms with van der Waals surface area (Å²) in [7, 11) is 0. The number of nitrogens with zero attached hydrogens (tertiary/aromatic N) is 2. The third kappa shape index (κ3) is 3.19. The van der Waals surface area contributed by atoms with Gasteiger partial charge in [-0.15, -0.1) is 11.6 Å². The average molecular weight is 335 g/mol. The summed E-state index contributed by atoms with van der Waals surface area (Å²) in [4.78, 5) is 16.2. The average Bonchev–Trinajstić information content (AvgIpc) is 2.74. The monoisotopic (exact) mass is 333 g/mol. The Morgan fingerprint density at radius 2 is 2.05 bits per heavy atom. The largest absolute Gasteiger partial charge is 0.355 e. The summed E-state index contributed by atoms with van der Waals surface area (Å²) >= 11 is 17.9. The third-order valence-corrected chi connectivity index (χ3v) is 3.82. The number of halogens is 3. The molecule has 4 nitrogen and oxygen atoms in total. The molecule has 1 heterocycles. The lowest BCUT2D eigenvalue weighted by Gasteiger charge is -2.08. The van der Waals surface area contributed by atoms with Crippen LogP contribution in [0.5, 0.6) is 0 Å². The van der Waals surface area contributed by atoms with E-state index in [4.69, 9.17) is 34.8 Å². The minimum atomic E-state index is -0.0800. The molecule has 1 amide bonds. The fourth-order valence-electron chi connectivity index (χ4n) is 1.91. The molecule has 0 radical (unpaired) electrons. The highest BCUT2D eigenvalue weighted by molar-refractivity contribution is 6.42. The molecule has 0 spiro atoms. The van der Waals surface area contributed by atoms with Crippen LogP contribution in [0.1, 0.15) is 19.2 Å². The fraction of sp³-hybridized carbons (Fsp3) is 0.385. The van der Waals surface area contributed by atoms with E-state index in [1.165, 1.54) is 0 Å². The Morgan fingerprint density at radius 1 is 1.35 bits per heavy atom. The maximum Gasteiger partial charge on any atom is 0.240 e. The zero-order valence-electron chi connectivity index (χ0n) is 10.9. The lowest BCUT2D eigenvalue weighted by atomic mass is 10.3. The molecular weight excluding hydrogens is 321 g/mol. The first-order chi connectivity index (χ1) is 9.56. The summed E-state index contributed by atoms with van der Waals surface area (Å²) in [5.41, 5.74) is 1.43. The SMILES string of the molecule is CCCNC(=O)Cn1c(CCl)nc2cc(Cl)c(Cl)cc21. The predicted octanol–water partition coefficient (Wildman–Crippen LogP) is 3.61. The molecule has 0 aliphatic heterocycles. The molecule has 0 fully saturated rings. The van der Waals surface area contributed by atoms with Crippen LogP contribution in [0.15, 0.2) is 12.1 Å². The van der Waals surface area contributed by atoms with E-state index in [1.807, 2.05) is 6.92 Å². The van der Waals surface area contributed by atoms with Crippen molar-refractivity contribution >= 4 is 51.7 Å². The maximum absolute atomic E-state index is 11.9. The second-order valence-electron chi connectivity index (χ2n) is 4.35. The molecule has 1 aromatic heterocycles. The van der Waals surface area contributed by atoms with Crippen molar-refractivity contribution in [3.8, 4) is 0 Å². The summed E-state index contributed by atoms with van der Waals surface area (Å²) < 4.78 is 1.76. The van der Waals surface area contributed by atoms with Gasteiger partial charge in [0.05, 0.1) is 27.0 Å². The van der Waals surface area contributed by atoms with E-state index in [1.54, 1.807) is 16.7 Å². The molecule has 0 aliphatic carbocycles. The number of amides is 1. The van der Waals surface area contributed by atoms with E-state index in [2.05, 4.69) is 10.3 Å². The number of carbonyl (C=O) groups excluding carboxylic acids is 1. The Hall–Kier alpha value is -0.970. The van der Waals surface area contributed by atoms with Gasteiger partial charge in [0.15, 0.2) is 0 Å². The molecule has 1 N–H and O–H groups in total. The van der Waals surface area contributed by atoms with Crippen LogP contribution in [-0.4, -0.2) is 22.0 Å². The summed E-state index contributed by atoms with van der Waals surface area (Å²) in [6.45, 7) is 2.81. The predicted molar refractivity (Wildman–Crippen MR) is 82.6 cm³/mol. The van der Waals surface area contributed by atoms with Gasteiger partial charge in [-0.05, 0) is 18.6 Å². The summed E-state index contributed by atoms with van der Waals surface area (Å²) in [5.74, 6) is 0.751. The third-order valence-electron chi connectivity index (χ3n) is 2.86. The van der Waals surface area contributed by atoms with Gasteiger partial charge in [0.2, 0.25) is 5.91 Å². The van der Waals surface area contributed by atoms with Crippen molar-refractivity contribution in [2.75, 3.05) is 6.54 Å². The van der Waals surface area contributed by atoms with Crippen molar-refractivity contribution in [1.29, 1.82) is 0 Å². The highest BCUT2D eigenvalue weighted by atomic mass is 35.5. The van der Waals surface area contributed by atoms with Gasteiger partial charge in [-0.1, -0.05) is 30.1 Å². The molecule has 0 atom stereocenters. The second-order valence-corrected chi connectivity index (χ2v) is 5.43. The highest BCUT2D eigenvalue weighted by Crippen LogP contribution is 2.28. The highest BCUT2D eigenvalue weighted by Gasteiger charge is 2.14. The Kier molecular flexibility index (Phi) is 5.13. The van der Waals surface area contributed by atoms with Gasteiger partial charge in [0.1, 0.15) is 12.4 Å². The molecule has 0 aliphatic rings. The van der Waals surface area contributed by atoms with Gasteiger partial charge in [-0.25, -0.2) is 4.98 Å². The number of hydrogen-bond donors (Lipinski definition) is 1. The number of rotatable bonds is 5. The molecule has 20 heavy (non-hydrogen) atoms. The first-order valence-electron chi connectivity index (χ1n) is 6.23. The van der Waals surface area contributed by atoms with Crippen LogP contribution in [0.2, 0.25) is 10.0 Å². The van der Waals surface area contributed by atoms with Crippen molar-refractivity contribution in [3.63, 3.8) is 0 Å². The molecule has 0 unspecified atom stereocenters. The maximum atomic E-state index is 11.9. The molecule has 2 rings (SSSR count). The molecule has 0 saturated heterocycles. The molecule has 0 bridgehead atoms. The zero-order chi connectivity index (χ0) is 14.7. The van der Waals surface area contributed by atoms with Gasteiger partial charge < -0.3 is 9.88 Å². The standard InChI is InChI=1S/C13H14Cl3N3O/c1-2-3-17-13(20)7-19-11-5-9(16)8(15)4-10(11)18-12(19)6-14/h4-5H,2-3,6-7H2,1H3,(H,17,20). The van der Waals surface area contributed by atoms with Gasteiger partial charge >= 0.3 is 0 Å². The van der Waals surface area contributed by atoms with Gasteiger partial charge in [-0.2, -0.15) is 0 Å². The van der Waals surface area contributed by atoms with E-state index >= 15 is 0 Å². The number of carbonyl (C=O) groups is 1. The molecular formula is C13H14Cl3N3O. The van der Waals surface area contributed by atoms with Crippen LogP contribution in [-0.2, 0) is 17.2 Å². The van der Waals surface area contributed by atoms with E-state index in [0.29, 0.717) is 27.9 Å². The fourth-order valence-corrected chi connectivity index (χ4v) is 2.43. The van der Waals surface area contributed by atoms with Crippen LogP contribution >= 0.6 is 34.8 Å². The van der Waals surface area contributed by atoms with E-state index in [-0.39, 0.29) is 18.3 Å². The smallest absolute Gasteiger partial charge is 0.240 e. The molecule has 2 aromatic rings. The number of aromatic nitrogens is 2. The number of alkyl halides is 1. The Morgan fingerprint density at radius 3 is 2.70 bits per heavy atom. The zero-order valence-corrected chi connectivity index (χ0v) is 13.2. The van der Waals surface area contributed by atoms with Gasteiger partial charge in [0.25, 0.3) is 0 Å². The summed E-state index contributed by atoms with van der Waals surface area (Å²) in [6, 6.07) is 3.38. The first-order valence-corrected chi connectivity index (χ1v) is 7.52. The van der Waals surface area contributed by atoms with Crippen molar-refractivity contribution < 1.29 is 4.79 Å². The van der Waals surface area contributed by atoms with E-state index in [9.17, 15) is 4.79 Å². The van der Waals surface area contributed by atoms with Crippen molar-refractivity contribution in [2.45, 2.75) is 25.8 Å². The van der Waals surface area contributed by atoms with Crippen molar-refractivity contribution in [1.82, 2.24) is 14.9 Å². The quantitative estimate of drug-likeness (QED) is 0.849. The van der Waals surface area contributed by atoms with Crippen LogP contribution < -0.4 is 5.32 Å². The Balaban J connectivity index is 2.39. The van der Waals surface area contributed by atoms with Gasteiger partial charge in [0, 0.05) is 6.54 Å². The Labute approximate surface area is 132 Å². The minimum absolute atomic E-state index is 0.0800. The van der Waals surface area contributed by atoms with E-state index < -0.39 is 0 Å².